The van der Waals surface area contributed by atoms with Crippen LogP contribution in [0.3, 0.4) is 0 Å². The van der Waals surface area contributed by atoms with Gasteiger partial charge in [0.25, 0.3) is 5.91 Å². The number of anilines is 1. The smallest absolute Gasteiger partial charge is 0.256 e. The quantitative estimate of drug-likeness (QED) is 0.856. The van der Waals surface area contributed by atoms with E-state index in [1.165, 1.54) is 12.1 Å². The number of rotatable bonds is 1. The maximum absolute atomic E-state index is 13.9. The Morgan fingerprint density at radius 2 is 1.77 bits per heavy atom. The maximum Gasteiger partial charge on any atom is 0.256 e. The summed E-state index contributed by atoms with van der Waals surface area (Å²) in [6.45, 7) is 1.05. The lowest BCUT2D eigenvalue weighted by atomic mass is 9.78. The first-order chi connectivity index (χ1) is 12.6. The normalized spacial score (nSPS) is 18.5. The van der Waals surface area contributed by atoms with Crippen molar-refractivity contribution in [2.75, 3.05) is 25.0 Å². The van der Waals surface area contributed by atoms with Gasteiger partial charge in [-0.15, -0.1) is 0 Å². The second kappa shape index (κ2) is 6.44. The van der Waals surface area contributed by atoms with Crippen LogP contribution in [0.15, 0.2) is 48.5 Å². The van der Waals surface area contributed by atoms with E-state index in [2.05, 4.69) is 5.32 Å². The van der Waals surface area contributed by atoms with Gasteiger partial charge in [-0.3, -0.25) is 9.59 Å². The summed E-state index contributed by atoms with van der Waals surface area (Å²) in [7, 11) is 0. The van der Waals surface area contributed by atoms with Crippen molar-refractivity contribution in [2.45, 2.75) is 12.8 Å². The number of carbonyl (C=O) groups excluding carboxylic acids is 2. The molecule has 1 fully saturated rings. The van der Waals surface area contributed by atoms with Crippen molar-refractivity contribution in [1.29, 1.82) is 0 Å². The molecule has 2 aromatic carbocycles. The van der Waals surface area contributed by atoms with Crippen molar-refractivity contribution in [1.82, 2.24) is 4.90 Å². The molecule has 0 saturated carbocycles. The van der Waals surface area contributed by atoms with E-state index in [1.807, 2.05) is 24.3 Å². The molecular weight excluding hydrogens is 335 g/mol. The molecule has 2 aromatic rings. The summed E-state index contributed by atoms with van der Waals surface area (Å²) in [6, 6.07) is 13.3. The number of benzene rings is 2. The molecule has 4 rings (SSSR count). The number of piperidine rings is 1. The molecule has 134 valence electrons. The number of carbonyl (C=O) groups is 2. The molecule has 1 spiro atoms. The Balaban J connectivity index is 1.49. The lowest BCUT2D eigenvalue weighted by Crippen LogP contribution is -2.50. The number of ether oxygens (including phenoxy) is 1. The number of amides is 2. The first-order valence-corrected chi connectivity index (χ1v) is 8.66. The zero-order valence-corrected chi connectivity index (χ0v) is 14.2. The third kappa shape index (κ3) is 2.81. The van der Waals surface area contributed by atoms with Crippen LogP contribution in [0, 0.1) is 11.2 Å². The Labute approximate surface area is 150 Å². The van der Waals surface area contributed by atoms with E-state index in [0.717, 1.165) is 0 Å². The molecule has 2 heterocycles. The van der Waals surface area contributed by atoms with E-state index in [0.29, 0.717) is 37.4 Å². The second-order valence-electron chi connectivity index (χ2n) is 6.79. The molecule has 2 amide bonds. The Morgan fingerprint density at radius 3 is 2.54 bits per heavy atom. The fourth-order valence-electron chi connectivity index (χ4n) is 3.55. The highest BCUT2D eigenvalue weighted by Gasteiger charge is 2.45. The zero-order chi connectivity index (χ0) is 18.1. The minimum absolute atomic E-state index is 0.0671. The number of nitrogens with one attached hydrogen (secondary N) is 1. The molecule has 0 radical (unpaired) electrons. The van der Waals surface area contributed by atoms with E-state index >= 15 is 0 Å². The molecule has 0 atom stereocenters. The molecule has 0 unspecified atom stereocenters. The standard InChI is InChI=1S/C20H19FN2O3/c21-15-6-2-1-5-14(15)18(24)23-11-9-20(10-12-23)13-26-17-8-4-3-7-16(17)22-19(20)25/h1-8H,9-13H2,(H,22,25). The average molecular weight is 354 g/mol. The lowest BCUT2D eigenvalue weighted by molar-refractivity contribution is -0.129. The Bertz CT molecular complexity index is 860. The van der Waals surface area contributed by atoms with Crippen molar-refractivity contribution >= 4 is 17.5 Å². The highest BCUT2D eigenvalue weighted by atomic mass is 19.1. The van der Waals surface area contributed by atoms with Crippen LogP contribution in [0.1, 0.15) is 23.2 Å². The van der Waals surface area contributed by atoms with Crippen molar-refractivity contribution in [3.05, 3.63) is 59.9 Å². The number of likely N-dealkylation sites (tertiary alicyclic amines) is 1. The van der Waals surface area contributed by atoms with Gasteiger partial charge in [0.05, 0.1) is 16.7 Å². The van der Waals surface area contributed by atoms with Crippen LogP contribution < -0.4 is 10.1 Å². The Kier molecular flexibility index (Phi) is 4.11. The molecular formula is C20H19FN2O3. The Hall–Kier alpha value is -2.89. The highest BCUT2D eigenvalue weighted by molar-refractivity contribution is 5.98. The average Bonchev–Trinajstić information content (AvgIpc) is 2.80. The molecule has 0 aliphatic carbocycles. The minimum Gasteiger partial charge on any atom is -0.490 e. The van der Waals surface area contributed by atoms with E-state index in [-0.39, 0.29) is 24.0 Å². The molecule has 0 aromatic heterocycles. The van der Waals surface area contributed by atoms with Crippen molar-refractivity contribution in [2.24, 2.45) is 5.41 Å². The fourth-order valence-corrected chi connectivity index (χ4v) is 3.55. The van der Waals surface area contributed by atoms with Crippen molar-refractivity contribution in [3.8, 4) is 5.75 Å². The van der Waals surface area contributed by atoms with Crippen LogP contribution in [0.2, 0.25) is 0 Å². The summed E-state index contributed by atoms with van der Waals surface area (Å²) < 4.78 is 19.7. The number of fused-ring (bicyclic) bond motifs is 1. The summed E-state index contributed by atoms with van der Waals surface area (Å²) in [6.07, 6.45) is 0.958. The molecule has 2 aliphatic rings. The van der Waals surface area contributed by atoms with Gasteiger partial charge < -0.3 is 15.0 Å². The third-order valence-corrected chi connectivity index (χ3v) is 5.23. The fraction of sp³-hybridized carbons (Fsp3) is 0.300. The summed E-state index contributed by atoms with van der Waals surface area (Å²) in [4.78, 5) is 27.0. The van der Waals surface area contributed by atoms with Crippen LogP contribution in [0.5, 0.6) is 5.75 Å². The van der Waals surface area contributed by atoms with Crippen molar-refractivity contribution < 1.29 is 18.7 Å². The lowest BCUT2D eigenvalue weighted by Gasteiger charge is -2.39. The van der Waals surface area contributed by atoms with Crippen LogP contribution >= 0.6 is 0 Å². The summed E-state index contributed by atoms with van der Waals surface area (Å²) >= 11 is 0. The summed E-state index contributed by atoms with van der Waals surface area (Å²) in [5.74, 6) is -0.289. The van der Waals surface area contributed by atoms with Gasteiger partial charge in [0.1, 0.15) is 18.2 Å². The van der Waals surface area contributed by atoms with Gasteiger partial charge in [0.15, 0.2) is 0 Å². The summed E-state index contributed by atoms with van der Waals surface area (Å²) in [5, 5.41) is 2.94. The number of nitrogens with zero attached hydrogens (tertiary/aromatic N) is 1. The van der Waals surface area contributed by atoms with Gasteiger partial charge in [0.2, 0.25) is 5.91 Å². The third-order valence-electron chi connectivity index (χ3n) is 5.23. The number of hydrogen-bond donors (Lipinski definition) is 1. The molecule has 26 heavy (non-hydrogen) atoms. The van der Waals surface area contributed by atoms with Crippen molar-refractivity contribution in [3.63, 3.8) is 0 Å². The molecule has 0 bridgehead atoms. The van der Waals surface area contributed by atoms with Gasteiger partial charge >= 0.3 is 0 Å². The van der Waals surface area contributed by atoms with Crippen LogP contribution in [-0.2, 0) is 4.79 Å². The van der Waals surface area contributed by atoms with Crippen LogP contribution in [0.25, 0.3) is 0 Å². The van der Waals surface area contributed by atoms with Gasteiger partial charge in [0, 0.05) is 13.1 Å². The predicted molar refractivity (Wildman–Crippen MR) is 94.5 cm³/mol. The number of halogens is 1. The van der Waals surface area contributed by atoms with Gasteiger partial charge in [-0.1, -0.05) is 24.3 Å². The molecule has 1 N–H and O–H groups in total. The number of hydrogen-bond acceptors (Lipinski definition) is 3. The van der Waals surface area contributed by atoms with Crippen LogP contribution in [-0.4, -0.2) is 36.4 Å². The SMILES string of the molecule is O=C(c1ccccc1F)N1CCC2(CC1)COc1ccccc1NC2=O. The maximum atomic E-state index is 13.9. The first-order valence-electron chi connectivity index (χ1n) is 8.66. The minimum atomic E-state index is -0.676. The van der Waals surface area contributed by atoms with Gasteiger partial charge in [-0.25, -0.2) is 4.39 Å². The van der Waals surface area contributed by atoms with Crippen LogP contribution in [0.4, 0.5) is 10.1 Å². The van der Waals surface area contributed by atoms with E-state index in [9.17, 15) is 14.0 Å². The Morgan fingerprint density at radius 1 is 1.08 bits per heavy atom. The molecule has 2 aliphatic heterocycles. The molecule has 5 nitrogen and oxygen atoms in total. The summed E-state index contributed by atoms with van der Waals surface area (Å²) in [5.41, 5.74) is 0.0575. The first kappa shape index (κ1) is 16.6. The highest BCUT2D eigenvalue weighted by Crippen LogP contribution is 2.39. The van der Waals surface area contributed by atoms with E-state index in [1.54, 1.807) is 17.0 Å². The second-order valence-corrected chi connectivity index (χ2v) is 6.79. The molecule has 6 heteroatoms. The topological polar surface area (TPSA) is 58.6 Å². The monoisotopic (exact) mass is 354 g/mol. The van der Waals surface area contributed by atoms with Gasteiger partial charge in [-0.2, -0.15) is 0 Å². The predicted octanol–water partition coefficient (Wildman–Crippen LogP) is 3.08. The largest absolute Gasteiger partial charge is 0.490 e. The van der Waals surface area contributed by atoms with Gasteiger partial charge in [-0.05, 0) is 37.1 Å². The molecule has 1 saturated heterocycles. The number of para-hydroxylation sites is 2. The zero-order valence-electron chi connectivity index (χ0n) is 14.2. The van der Waals surface area contributed by atoms with E-state index < -0.39 is 11.2 Å². The van der Waals surface area contributed by atoms with E-state index in [4.69, 9.17) is 4.74 Å².